The minimum atomic E-state index is -3.77. The number of carbonyl (C=O) groups excluding carboxylic acids is 1. The third kappa shape index (κ3) is 6.31. The van der Waals surface area contributed by atoms with Crippen molar-refractivity contribution in [1.29, 1.82) is 0 Å². The number of carbonyl (C=O) groups is 1. The van der Waals surface area contributed by atoms with Crippen LogP contribution in [0.1, 0.15) is 101 Å². The van der Waals surface area contributed by atoms with Crippen molar-refractivity contribution < 1.29 is 22.8 Å². The maximum atomic E-state index is 14.0. The molecule has 0 aliphatic heterocycles. The molecule has 0 radical (unpaired) electrons. The van der Waals surface area contributed by atoms with Crippen LogP contribution in [-0.4, -0.2) is 24.2 Å². The Morgan fingerprint density at radius 2 is 1.71 bits per heavy atom. The van der Waals surface area contributed by atoms with Gasteiger partial charge in [0.2, 0.25) is 5.91 Å². The summed E-state index contributed by atoms with van der Waals surface area (Å²) in [6.07, 6.45) is 4.61. The van der Waals surface area contributed by atoms with Crippen molar-refractivity contribution >= 4 is 30.8 Å². The Morgan fingerprint density at radius 3 is 2.32 bits per heavy atom. The van der Waals surface area contributed by atoms with E-state index in [0.717, 1.165) is 32.1 Å². The lowest BCUT2D eigenvalue weighted by molar-refractivity contribution is -0.137. The van der Waals surface area contributed by atoms with Gasteiger partial charge in [-0.05, 0) is 103 Å². The van der Waals surface area contributed by atoms with Crippen molar-refractivity contribution in [2.45, 2.75) is 90.8 Å². The molecule has 0 heterocycles. The number of halogens is 1. The maximum absolute atomic E-state index is 14.0. The van der Waals surface area contributed by atoms with Crippen LogP contribution in [0.3, 0.4) is 0 Å². The highest BCUT2D eigenvalue weighted by Crippen LogP contribution is 2.60. The molecule has 1 amide bonds. The summed E-state index contributed by atoms with van der Waals surface area (Å²) in [6.45, 7) is 12.6. The van der Waals surface area contributed by atoms with E-state index in [4.69, 9.17) is 21.3 Å². The molecule has 0 saturated heterocycles. The average Bonchev–Trinajstić information content (AvgIpc) is 2.92. The van der Waals surface area contributed by atoms with Crippen LogP contribution in [0.15, 0.2) is 42.5 Å². The molecule has 0 spiro atoms. The monoisotopic (exact) mass is 602 g/mol. The van der Waals surface area contributed by atoms with E-state index >= 15 is 0 Å². The molecular formula is C32H44FN2O4PS. The minimum Gasteiger partial charge on any atom is -0.345 e. The standard InChI is InChI=1S/C32H44FN2O4PS/c1-7-38-40(37,39-8-2)28(22-10-14-25(33)15-11-22)34-30(41)35-29(36)32(6)19-9-18-31(5)26-16-12-23(21(3)4)20-24(26)13-17-27(31)32/h10-12,14-16,20-21,27-28H,7-9,13,17-19H2,1-6H3,(H2,34,35,36,41)/t27-,28?,31-,32-/m1/s1. The molecule has 1 fully saturated rings. The van der Waals surface area contributed by atoms with Crippen LogP contribution in [0.5, 0.6) is 0 Å². The van der Waals surface area contributed by atoms with Crippen molar-refractivity contribution in [2.75, 3.05) is 13.2 Å². The molecule has 2 aliphatic carbocycles. The lowest BCUT2D eigenvalue weighted by Gasteiger charge is -2.54. The first-order valence-electron chi connectivity index (χ1n) is 14.8. The summed E-state index contributed by atoms with van der Waals surface area (Å²) in [6, 6.07) is 12.5. The van der Waals surface area contributed by atoms with Crippen molar-refractivity contribution in [3.8, 4) is 0 Å². The van der Waals surface area contributed by atoms with Gasteiger partial charge in [-0.15, -0.1) is 0 Å². The summed E-state index contributed by atoms with van der Waals surface area (Å²) in [5.74, 6) is -0.963. The maximum Gasteiger partial charge on any atom is 0.357 e. The number of fused-ring (bicyclic) bond motifs is 3. The Kier molecular flexibility index (Phi) is 9.80. The molecule has 6 nitrogen and oxygen atoms in total. The highest BCUT2D eigenvalue weighted by Gasteiger charge is 2.55. The van der Waals surface area contributed by atoms with Crippen LogP contribution in [-0.2, 0) is 30.2 Å². The van der Waals surface area contributed by atoms with Gasteiger partial charge >= 0.3 is 7.60 Å². The predicted octanol–water partition coefficient (Wildman–Crippen LogP) is 7.92. The van der Waals surface area contributed by atoms with E-state index in [2.05, 4.69) is 56.5 Å². The second-order valence-electron chi connectivity index (χ2n) is 12.1. The SMILES string of the molecule is CCOP(=O)(OCC)C(NC(=S)NC(=O)[C@]1(C)CCC[C@]2(C)c3ccc(C(C)C)cc3CC[C@@H]12)c1ccc(F)cc1. The third-order valence-electron chi connectivity index (χ3n) is 9.18. The first-order valence-corrected chi connectivity index (χ1v) is 16.8. The number of hydrogen-bond donors (Lipinski definition) is 2. The summed E-state index contributed by atoms with van der Waals surface area (Å²) in [4.78, 5) is 14.0. The highest BCUT2D eigenvalue weighted by atomic mass is 32.1. The van der Waals surface area contributed by atoms with Gasteiger partial charge in [-0.3, -0.25) is 9.36 Å². The largest absolute Gasteiger partial charge is 0.357 e. The Hall–Kier alpha value is -2.12. The first-order chi connectivity index (χ1) is 19.4. The number of nitrogens with one attached hydrogen (secondary N) is 2. The zero-order valence-corrected chi connectivity index (χ0v) is 26.8. The topological polar surface area (TPSA) is 76.7 Å². The van der Waals surface area contributed by atoms with Crippen LogP contribution in [0.25, 0.3) is 0 Å². The molecular weight excluding hydrogens is 558 g/mol. The summed E-state index contributed by atoms with van der Waals surface area (Å²) in [5.41, 5.74) is 3.85. The van der Waals surface area contributed by atoms with E-state index in [0.29, 0.717) is 11.5 Å². The molecule has 0 aromatic heterocycles. The number of thiocarbonyl (C=S) groups is 1. The highest BCUT2D eigenvalue weighted by molar-refractivity contribution is 7.80. The fourth-order valence-corrected chi connectivity index (χ4v) is 9.30. The third-order valence-corrected chi connectivity index (χ3v) is 11.7. The lowest BCUT2D eigenvalue weighted by Crippen LogP contribution is -2.57. The molecule has 9 heteroatoms. The van der Waals surface area contributed by atoms with Crippen molar-refractivity contribution in [3.63, 3.8) is 0 Å². The molecule has 4 atom stereocenters. The van der Waals surface area contributed by atoms with Gasteiger partial charge in [0, 0.05) is 0 Å². The van der Waals surface area contributed by atoms with Crippen LogP contribution >= 0.6 is 19.8 Å². The second kappa shape index (κ2) is 12.6. The van der Waals surface area contributed by atoms with Gasteiger partial charge < -0.3 is 19.7 Å². The van der Waals surface area contributed by atoms with Gasteiger partial charge in [-0.1, -0.05) is 64.4 Å². The number of hydrogen-bond acceptors (Lipinski definition) is 5. The van der Waals surface area contributed by atoms with Gasteiger partial charge in [0.1, 0.15) is 5.82 Å². The fraction of sp³-hybridized carbons (Fsp3) is 0.562. The van der Waals surface area contributed by atoms with Crippen molar-refractivity contribution in [2.24, 2.45) is 11.3 Å². The van der Waals surface area contributed by atoms with E-state index in [1.807, 2.05) is 0 Å². The molecule has 2 aromatic carbocycles. The smallest absolute Gasteiger partial charge is 0.345 e. The van der Waals surface area contributed by atoms with E-state index < -0.39 is 24.6 Å². The van der Waals surface area contributed by atoms with Gasteiger partial charge in [-0.25, -0.2) is 4.39 Å². The molecule has 1 unspecified atom stereocenters. The van der Waals surface area contributed by atoms with E-state index in [1.54, 1.807) is 13.8 Å². The first kappa shape index (κ1) is 31.8. The van der Waals surface area contributed by atoms with Gasteiger partial charge in [0.15, 0.2) is 10.9 Å². The normalized spacial score (nSPS) is 24.7. The molecule has 41 heavy (non-hydrogen) atoms. The Bertz CT molecular complexity index is 1310. The van der Waals surface area contributed by atoms with E-state index in [-0.39, 0.29) is 35.6 Å². The van der Waals surface area contributed by atoms with Crippen LogP contribution in [0.4, 0.5) is 4.39 Å². The summed E-state index contributed by atoms with van der Waals surface area (Å²) < 4.78 is 38.7. The van der Waals surface area contributed by atoms with Gasteiger partial charge in [0.05, 0.1) is 18.6 Å². The Morgan fingerprint density at radius 1 is 1.07 bits per heavy atom. The molecule has 2 aromatic rings. The molecule has 4 rings (SSSR count). The molecule has 2 N–H and O–H groups in total. The predicted molar refractivity (Wildman–Crippen MR) is 166 cm³/mol. The van der Waals surface area contributed by atoms with Gasteiger partial charge in [-0.2, -0.15) is 0 Å². The van der Waals surface area contributed by atoms with Crippen LogP contribution in [0, 0.1) is 17.2 Å². The zero-order valence-electron chi connectivity index (χ0n) is 25.1. The number of amides is 1. The Labute approximate surface area is 249 Å². The van der Waals surface area contributed by atoms with E-state index in [1.165, 1.54) is 41.0 Å². The van der Waals surface area contributed by atoms with Crippen molar-refractivity contribution in [1.82, 2.24) is 10.6 Å². The molecule has 2 aliphatic rings. The summed E-state index contributed by atoms with van der Waals surface area (Å²) >= 11 is 5.62. The fourth-order valence-electron chi connectivity index (χ4n) is 7.08. The molecule has 1 saturated carbocycles. The van der Waals surface area contributed by atoms with Gasteiger partial charge in [0.25, 0.3) is 0 Å². The average molecular weight is 603 g/mol. The summed E-state index contributed by atoms with van der Waals surface area (Å²) in [5, 5.41) is 6.00. The quantitative estimate of drug-likeness (QED) is 0.224. The minimum absolute atomic E-state index is 0.0373. The number of rotatable bonds is 9. The van der Waals surface area contributed by atoms with E-state index in [9.17, 15) is 13.8 Å². The summed E-state index contributed by atoms with van der Waals surface area (Å²) in [7, 11) is -3.77. The van der Waals surface area contributed by atoms with Crippen LogP contribution < -0.4 is 10.6 Å². The molecule has 0 bridgehead atoms. The second-order valence-corrected chi connectivity index (χ2v) is 14.6. The number of aryl methyl sites for hydroxylation is 1. The number of benzene rings is 2. The van der Waals surface area contributed by atoms with Crippen LogP contribution in [0.2, 0.25) is 0 Å². The zero-order chi connectivity index (χ0) is 30.0. The Balaban J connectivity index is 1.58. The van der Waals surface area contributed by atoms with Crippen molar-refractivity contribution in [3.05, 3.63) is 70.5 Å². The lowest BCUT2D eigenvalue weighted by atomic mass is 9.49. The molecule has 224 valence electrons.